The smallest absolute Gasteiger partial charge is 0.0571 e. The van der Waals surface area contributed by atoms with Gasteiger partial charge in [0.15, 0.2) is 0 Å². The second-order valence-electron chi connectivity index (χ2n) is 6.26. The molecular formula is C15H24Si. The molecule has 0 N–H and O–H groups in total. The Morgan fingerprint density at radius 1 is 1.12 bits per heavy atom. The summed E-state index contributed by atoms with van der Waals surface area (Å²) in [6.45, 7) is 15.9. The first-order chi connectivity index (χ1) is 7.26. The second-order valence-corrected chi connectivity index (χ2v) is 11.9. The molecule has 0 amide bonds. The maximum Gasteiger partial charge on any atom is 0.0571 e. The van der Waals surface area contributed by atoms with Gasteiger partial charge in [-0.1, -0.05) is 76.3 Å². The van der Waals surface area contributed by atoms with Gasteiger partial charge in [0.1, 0.15) is 0 Å². The quantitative estimate of drug-likeness (QED) is 0.649. The van der Waals surface area contributed by atoms with E-state index in [0.717, 1.165) is 0 Å². The van der Waals surface area contributed by atoms with Crippen molar-refractivity contribution >= 4 is 14.1 Å². The molecule has 0 fully saturated rings. The Balaban J connectivity index is 2.84. The number of hydrogen-bond donors (Lipinski definition) is 0. The highest BCUT2D eigenvalue weighted by Gasteiger charge is 2.34. The van der Waals surface area contributed by atoms with Crippen molar-refractivity contribution in [1.82, 2.24) is 0 Å². The van der Waals surface area contributed by atoms with Crippen LogP contribution < -0.4 is 0 Å². The fraction of sp³-hybridized carbons (Fsp3) is 0.467. The largest absolute Gasteiger partial charge is 0.0985 e. The number of hydrogen-bond acceptors (Lipinski definition) is 0. The molecule has 0 aliphatic heterocycles. The number of rotatable bonds is 3. The van der Waals surface area contributed by atoms with Gasteiger partial charge in [0.05, 0.1) is 8.07 Å². The van der Waals surface area contributed by atoms with Gasteiger partial charge >= 0.3 is 0 Å². The predicted octanol–water partition coefficient (Wildman–Crippen LogP) is 4.92. The van der Waals surface area contributed by atoms with Crippen LogP contribution in [0.5, 0.6) is 0 Å². The zero-order chi connectivity index (χ0) is 12.4. The van der Waals surface area contributed by atoms with Crippen LogP contribution in [0.4, 0.5) is 0 Å². The molecule has 0 nitrogen and oxygen atoms in total. The lowest BCUT2D eigenvalue weighted by atomic mass is 10.1. The van der Waals surface area contributed by atoms with Crippen molar-refractivity contribution in [2.45, 2.75) is 44.9 Å². The third-order valence-corrected chi connectivity index (χ3v) is 9.24. The van der Waals surface area contributed by atoms with Crippen LogP contribution in [0.2, 0.25) is 18.1 Å². The van der Waals surface area contributed by atoms with Crippen molar-refractivity contribution in [2.24, 2.45) is 0 Å². The van der Waals surface area contributed by atoms with Crippen molar-refractivity contribution in [3.05, 3.63) is 42.0 Å². The van der Waals surface area contributed by atoms with Crippen LogP contribution in [0.3, 0.4) is 0 Å². The molecule has 0 aromatic heterocycles. The van der Waals surface area contributed by atoms with E-state index >= 15 is 0 Å². The Morgan fingerprint density at radius 3 is 2.00 bits per heavy atom. The fourth-order valence-electron chi connectivity index (χ4n) is 1.55. The van der Waals surface area contributed by atoms with Crippen LogP contribution in [0, 0.1) is 0 Å². The van der Waals surface area contributed by atoms with E-state index in [0.29, 0.717) is 5.04 Å². The molecule has 0 unspecified atom stereocenters. The van der Waals surface area contributed by atoms with Crippen LogP contribution in [0.15, 0.2) is 30.8 Å². The maximum absolute atomic E-state index is 3.78. The van der Waals surface area contributed by atoms with E-state index in [9.17, 15) is 0 Å². The summed E-state index contributed by atoms with van der Waals surface area (Å²) in [6, 6.07) is 10.1. The van der Waals surface area contributed by atoms with Crippen LogP contribution in [-0.4, -0.2) is 8.07 Å². The van der Waals surface area contributed by atoms with Crippen LogP contribution in [-0.2, 0) is 6.04 Å². The van der Waals surface area contributed by atoms with Crippen LogP contribution in [0.1, 0.15) is 31.9 Å². The van der Waals surface area contributed by atoms with E-state index < -0.39 is 8.07 Å². The van der Waals surface area contributed by atoms with Crippen LogP contribution in [0.25, 0.3) is 6.08 Å². The van der Waals surface area contributed by atoms with Gasteiger partial charge in [0.25, 0.3) is 0 Å². The first-order valence-electron chi connectivity index (χ1n) is 5.98. The highest BCUT2D eigenvalue weighted by Crippen LogP contribution is 2.37. The van der Waals surface area contributed by atoms with Gasteiger partial charge in [0.2, 0.25) is 0 Å². The molecule has 0 bridgehead atoms. The Labute approximate surface area is 101 Å². The number of benzene rings is 1. The molecule has 1 rings (SSSR count). The minimum absolute atomic E-state index is 0.462. The van der Waals surface area contributed by atoms with E-state index in [1.54, 1.807) is 0 Å². The topological polar surface area (TPSA) is 0 Å². The average molecular weight is 232 g/mol. The molecule has 0 saturated carbocycles. The third-order valence-electron chi connectivity index (χ3n) is 3.89. The fourth-order valence-corrected chi connectivity index (χ4v) is 3.33. The summed E-state index contributed by atoms with van der Waals surface area (Å²) < 4.78 is 0. The van der Waals surface area contributed by atoms with Gasteiger partial charge in [-0.3, -0.25) is 0 Å². The molecule has 0 aliphatic rings. The molecule has 0 saturated heterocycles. The molecule has 0 atom stereocenters. The van der Waals surface area contributed by atoms with E-state index in [1.807, 2.05) is 6.08 Å². The molecule has 1 heteroatoms. The summed E-state index contributed by atoms with van der Waals surface area (Å²) in [6.07, 6.45) is 1.90. The molecule has 0 aliphatic carbocycles. The van der Waals surface area contributed by atoms with Crippen molar-refractivity contribution in [1.29, 1.82) is 0 Å². The van der Waals surface area contributed by atoms with E-state index in [-0.39, 0.29) is 0 Å². The zero-order valence-electron chi connectivity index (χ0n) is 11.3. The summed E-state index contributed by atoms with van der Waals surface area (Å²) in [5.74, 6) is 0. The molecule has 0 spiro atoms. The van der Waals surface area contributed by atoms with Gasteiger partial charge in [0, 0.05) is 0 Å². The van der Waals surface area contributed by atoms with Gasteiger partial charge in [-0.2, -0.15) is 0 Å². The Hall–Kier alpha value is -0.823. The lowest BCUT2D eigenvalue weighted by Crippen LogP contribution is -2.39. The van der Waals surface area contributed by atoms with E-state index in [4.69, 9.17) is 0 Å². The molecule has 1 aromatic rings. The predicted molar refractivity (Wildman–Crippen MR) is 77.4 cm³/mol. The van der Waals surface area contributed by atoms with Crippen LogP contribution >= 0.6 is 0 Å². The molecular weight excluding hydrogens is 208 g/mol. The van der Waals surface area contributed by atoms with Gasteiger partial charge < -0.3 is 0 Å². The van der Waals surface area contributed by atoms with Crippen molar-refractivity contribution in [3.63, 3.8) is 0 Å². The normalized spacial score (nSPS) is 12.6. The third kappa shape index (κ3) is 3.08. The van der Waals surface area contributed by atoms with Crippen molar-refractivity contribution in [2.75, 3.05) is 0 Å². The second kappa shape index (κ2) is 4.58. The van der Waals surface area contributed by atoms with Gasteiger partial charge in [-0.15, -0.1) is 0 Å². The first kappa shape index (κ1) is 13.2. The van der Waals surface area contributed by atoms with Crippen molar-refractivity contribution < 1.29 is 0 Å². The van der Waals surface area contributed by atoms with Gasteiger partial charge in [-0.05, 0) is 16.6 Å². The monoisotopic (exact) mass is 232 g/mol. The molecule has 1 aromatic carbocycles. The molecule has 0 heterocycles. The average Bonchev–Trinajstić information content (AvgIpc) is 2.16. The SMILES string of the molecule is C=Cc1ccc(C[Si](C)(C)C(C)(C)C)cc1. The summed E-state index contributed by atoms with van der Waals surface area (Å²) in [7, 11) is -1.20. The lowest BCUT2D eigenvalue weighted by Gasteiger charge is -2.37. The molecule has 0 radical (unpaired) electrons. The van der Waals surface area contributed by atoms with E-state index in [1.165, 1.54) is 17.2 Å². The minimum Gasteiger partial charge on any atom is -0.0985 e. The lowest BCUT2D eigenvalue weighted by molar-refractivity contribution is 0.714. The Bertz CT molecular complexity index is 352. The zero-order valence-corrected chi connectivity index (χ0v) is 12.3. The minimum atomic E-state index is -1.20. The summed E-state index contributed by atoms with van der Waals surface area (Å²) >= 11 is 0. The van der Waals surface area contributed by atoms with E-state index in [2.05, 4.69) is 64.7 Å². The first-order valence-corrected chi connectivity index (χ1v) is 9.18. The van der Waals surface area contributed by atoms with Gasteiger partial charge in [-0.25, -0.2) is 0 Å². The molecule has 16 heavy (non-hydrogen) atoms. The summed E-state index contributed by atoms with van der Waals surface area (Å²) in [4.78, 5) is 0. The maximum atomic E-state index is 3.78. The standard InChI is InChI=1S/C15H24Si/c1-7-13-8-10-14(11-9-13)12-16(5,6)15(2,3)4/h7-11H,1,12H2,2-6H3. The van der Waals surface area contributed by atoms with Crippen molar-refractivity contribution in [3.8, 4) is 0 Å². The highest BCUT2D eigenvalue weighted by molar-refractivity contribution is 6.79. The molecule has 88 valence electrons. The highest BCUT2D eigenvalue weighted by atomic mass is 28.3. The Kier molecular flexibility index (Phi) is 3.79. The summed E-state index contributed by atoms with van der Waals surface area (Å²) in [5.41, 5.74) is 2.68. The summed E-state index contributed by atoms with van der Waals surface area (Å²) in [5, 5.41) is 0.462. The Morgan fingerprint density at radius 2 is 1.62 bits per heavy atom.